The van der Waals surface area contributed by atoms with Crippen LogP contribution < -0.4 is 4.74 Å². The molecule has 1 amide bonds. The third kappa shape index (κ3) is 4.13. The van der Waals surface area contributed by atoms with Gasteiger partial charge < -0.3 is 14.6 Å². The van der Waals surface area contributed by atoms with Crippen molar-refractivity contribution in [1.29, 1.82) is 0 Å². The zero-order valence-corrected chi connectivity index (χ0v) is 16.3. The van der Waals surface area contributed by atoms with Crippen LogP contribution in [0.4, 0.5) is 4.39 Å². The minimum absolute atomic E-state index is 0.0494. The number of nitrogens with zero attached hydrogens (tertiary/aromatic N) is 3. The van der Waals surface area contributed by atoms with Crippen molar-refractivity contribution in [2.45, 2.75) is 31.7 Å². The van der Waals surface area contributed by atoms with E-state index in [-0.39, 0.29) is 17.8 Å². The number of H-pyrrole nitrogens is 1. The summed E-state index contributed by atoms with van der Waals surface area (Å²) in [6.45, 7) is 0.701. The fourth-order valence-corrected chi connectivity index (χ4v) is 3.82. The van der Waals surface area contributed by atoms with Crippen LogP contribution in [0.2, 0.25) is 0 Å². The predicted molar refractivity (Wildman–Crippen MR) is 107 cm³/mol. The number of imidazole rings is 1. The number of hydrogen-bond donors (Lipinski definition) is 1. The quantitative estimate of drug-likeness (QED) is 0.713. The van der Waals surface area contributed by atoms with Crippen LogP contribution in [0.3, 0.4) is 0 Å². The Morgan fingerprint density at radius 1 is 1.24 bits per heavy atom. The van der Waals surface area contributed by atoms with Gasteiger partial charge in [0.25, 0.3) is 5.91 Å². The largest absolute Gasteiger partial charge is 0.480 e. The van der Waals surface area contributed by atoms with Crippen LogP contribution in [0.1, 0.15) is 35.4 Å². The monoisotopic (exact) mass is 394 g/mol. The number of methoxy groups -OCH3 is 1. The normalized spacial score (nSPS) is 16.6. The first-order valence-electron chi connectivity index (χ1n) is 9.75. The van der Waals surface area contributed by atoms with Crippen LogP contribution in [0.5, 0.6) is 5.88 Å². The smallest absolute Gasteiger partial charge is 0.259 e. The molecular formula is C22H23FN4O2. The van der Waals surface area contributed by atoms with Gasteiger partial charge in [0.2, 0.25) is 5.88 Å². The molecular weight excluding hydrogens is 371 g/mol. The number of halogens is 1. The second-order valence-electron chi connectivity index (χ2n) is 7.16. The zero-order chi connectivity index (χ0) is 20.2. The van der Waals surface area contributed by atoms with Crippen molar-refractivity contribution in [3.8, 4) is 17.1 Å². The van der Waals surface area contributed by atoms with Gasteiger partial charge in [-0.25, -0.2) is 14.4 Å². The zero-order valence-electron chi connectivity index (χ0n) is 16.3. The van der Waals surface area contributed by atoms with E-state index in [0.29, 0.717) is 24.4 Å². The molecule has 1 unspecified atom stereocenters. The summed E-state index contributed by atoms with van der Waals surface area (Å²) in [6.07, 6.45) is 6.97. The SMILES string of the molecule is COc1ncccc1C(=O)N1CCCCC1Cc1ncc(-c2ccc(F)cc2)[nH]1. The molecule has 3 aromatic rings. The summed E-state index contributed by atoms with van der Waals surface area (Å²) < 4.78 is 18.4. The van der Waals surface area contributed by atoms with Crippen LogP contribution in [0.25, 0.3) is 11.3 Å². The number of benzene rings is 1. The summed E-state index contributed by atoms with van der Waals surface area (Å²) in [6, 6.07) is 9.84. The Kier molecular flexibility index (Phi) is 5.55. The molecule has 7 heteroatoms. The number of pyridine rings is 1. The molecule has 1 fully saturated rings. The number of likely N-dealkylation sites (tertiary alicyclic amines) is 1. The van der Waals surface area contributed by atoms with Crippen molar-refractivity contribution >= 4 is 5.91 Å². The van der Waals surface area contributed by atoms with Crippen molar-refractivity contribution in [2.24, 2.45) is 0 Å². The van der Waals surface area contributed by atoms with Gasteiger partial charge in [-0.3, -0.25) is 4.79 Å². The van der Waals surface area contributed by atoms with Gasteiger partial charge in [0.1, 0.15) is 17.2 Å². The Hall–Kier alpha value is -3.22. The highest BCUT2D eigenvalue weighted by Gasteiger charge is 2.30. The number of ether oxygens (including phenoxy) is 1. The minimum atomic E-state index is -0.268. The average molecular weight is 394 g/mol. The molecule has 1 saturated heterocycles. The molecule has 1 atom stereocenters. The molecule has 2 aromatic heterocycles. The molecule has 0 radical (unpaired) electrons. The lowest BCUT2D eigenvalue weighted by atomic mass is 9.98. The molecule has 6 nitrogen and oxygen atoms in total. The fourth-order valence-electron chi connectivity index (χ4n) is 3.82. The highest BCUT2D eigenvalue weighted by Crippen LogP contribution is 2.26. The molecule has 1 N–H and O–H groups in total. The van der Waals surface area contributed by atoms with Crippen molar-refractivity contribution in [3.05, 3.63) is 66.0 Å². The molecule has 1 aromatic carbocycles. The predicted octanol–water partition coefficient (Wildman–Crippen LogP) is 3.86. The van der Waals surface area contributed by atoms with Crippen molar-refractivity contribution < 1.29 is 13.9 Å². The molecule has 29 heavy (non-hydrogen) atoms. The van der Waals surface area contributed by atoms with E-state index in [4.69, 9.17) is 4.74 Å². The summed E-state index contributed by atoms with van der Waals surface area (Å²) in [5.74, 6) is 0.825. The van der Waals surface area contributed by atoms with Crippen molar-refractivity contribution in [1.82, 2.24) is 19.9 Å². The minimum Gasteiger partial charge on any atom is -0.480 e. The number of nitrogens with one attached hydrogen (secondary N) is 1. The van der Waals surface area contributed by atoms with Gasteiger partial charge in [-0.1, -0.05) is 0 Å². The van der Waals surface area contributed by atoms with Gasteiger partial charge in [-0.2, -0.15) is 0 Å². The van der Waals surface area contributed by atoms with Crippen molar-refractivity contribution in [3.63, 3.8) is 0 Å². The number of rotatable bonds is 5. The van der Waals surface area contributed by atoms with Crippen LogP contribution in [0, 0.1) is 5.82 Å². The number of amides is 1. The summed E-state index contributed by atoms with van der Waals surface area (Å²) in [7, 11) is 1.52. The highest BCUT2D eigenvalue weighted by molar-refractivity contribution is 5.96. The second kappa shape index (κ2) is 8.43. The maximum Gasteiger partial charge on any atom is 0.259 e. The van der Waals surface area contributed by atoms with E-state index >= 15 is 0 Å². The number of aromatic nitrogens is 3. The summed E-state index contributed by atoms with van der Waals surface area (Å²) >= 11 is 0. The van der Waals surface area contributed by atoms with Crippen LogP contribution in [-0.4, -0.2) is 45.5 Å². The molecule has 0 saturated carbocycles. The second-order valence-corrected chi connectivity index (χ2v) is 7.16. The summed E-state index contributed by atoms with van der Waals surface area (Å²) in [4.78, 5) is 27.0. The highest BCUT2D eigenvalue weighted by atomic mass is 19.1. The standard InChI is InChI=1S/C22H23FN4O2/c1-29-21-18(6-4-11-24-21)22(28)27-12-3-2-5-17(27)13-20-25-14-19(26-20)15-7-9-16(23)10-8-15/h4,6-11,14,17H,2-3,5,12-13H2,1H3,(H,25,26). The third-order valence-corrected chi connectivity index (χ3v) is 5.30. The van der Waals surface area contributed by atoms with Gasteiger partial charge in [0.05, 0.1) is 19.0 Å². The van der Waals surface area contributed by atoms with Gasteiger partial charge in [0, 0.05) is 25.2 Å². The molecule has 1 aliphatic heterocycles. The summed E-state index contributed by atoms with van der Waals surface area (Å²) in [5, 5.41) is 0. The molecule has 150 valence electrons. The van der Waals surface area contributed by atoms with Gasteiger partial charge in [-0.05, 0) is 61.2 Å². The average Bonchev–Trinajstić information content (AvgIpc) is 3.22. The van der Waals surface area contributed by atoms with Crippen molar-refractivity contribution in [2.75, 3.05) is 13.7 Å². The lowest BCUT2D eigenvalue weighted by Gasteiger charge is -2.35. The number of aromatic amines is 1. The third-order valence-electron chi connectivity index (χ3n) is 5.30. The van der Waals surface area contributed by atoms with E-state index < -0.39 is 0 Å². The molecule has 0 bridgehead atoms. The van der Waals surface area contributed by atoms with Gasteiger partial charge in [-0.15, -0.1) is 0 Å². The Bertz CT molecular complexity index is 986. The van der Waals surface area contributed by atoms with E-state index in [1.165, 1.54) is 19.2 Å². The topological polar surface area (TPSA) is 71.1 Å². The van der Waals surface area contributed by atoms with Gasteiger partial charge in [0.15, 0.2) is 0 Å². The Balaban J connectivity index is 1.52. The first-order chi connectivity index (χ1) is 14.2. The molecule has 0 aliphatic carbocycles. The number of hydrogen-bond acceptors (Lipinski definition) is 4. The van der Waals surface area contributed by atoms with Crippen LogP contribution in [0.15, 0.2) is 48.8 Å². The number of carbonyl (C=O) groups is 1. The van der Waals surface area contributed by atoms with E-state index in [1.54, 1.807) is 36.7 Å². The molecule has 4 rings (SSSR count). The maximum atomic E-state index is 13.2. The number of piperidine rings is 1. The molecule has 3 heterocycles. The first-order valence-corrected chi connectivity index (χ1v) is 9.75. The van der Waals surface area contributed by atoms with Crippen LogP contribution in [-0.2, 0) is 6.42 Å². The Morgan fingerprint density at radius 3 is 2.86 bits per heavy atom. The first kappa shape index (κ1) is 19.1. The Labute approximate surface area is 168 Å². The molecule has 0 spiro atoms. The van der Waals surface area contributed by atoms with E-state index in [0.717, 1.165) is 36.3 Å². The van der Waals surface area contributed by atoms with E-state index in [9.17, 15) is 9.18 Å². The number of carbonyl (C=O) groups excluding carboxylic acids is 1. The van der Waals surface area contributed by atoms with Crippen LogP contribution >= 0.6 is 0 Å². The van der Waals surface area contributed by atoms with E-state index in [1.807, 2.05) is 4.90 Å². The fraction of sp³-hybridized carbons (Fsp3) is 0.318. The van der Waals surface area contributed by atoms with Gasteiger partial charge >= 0.3 is 0 Å². The Morgan fingerprint density at radius 2 is 2.07 bits per heavy atom. The maximum absolute atomic E-state index is 13.2. The lowest BCUT2D eigenvalue weighted by molar-refractivity contribution is 0.0607. The molecule has 1 aliphatic rings. The lowest BCUT2D eigenvalue weighted by Crippen LogP contribution is -2.45. The van der Waals surface area contributed by atoms with E-state index in [2.05, 4.69) is 15.0 Å². The summed E-state index contributed by atoms with van der Waals surface area (Å²) in [5.41, 5.74) is 2.19.